The van der Waals surface area contributed by atoms with Gasteiger partial charge in [-0.1, -0.05) is 0 Å². The highest BCUT2D eigenvalue weighted by atomic mass is 79.9. The number of halogens is 2. The van der Waals surface area contributed by atoms with Gasteiger partial charge in [-0.3, -0.25) is 0 Å². The summed E-state index contributed by atoms with van der Waals surface area (Å²) in [4.78, 5) is 2.04. The van der Waals surface area contributed by atoms with Gasteiger partial charge in [-0.2, -0.15) is 0 Å². The predicted octanol–water partition coefficient (Wildman–Crippen LogP) is 3.17. The molecule has 1 aromatic carbocycles. The van der Waals surface area contributed by atoms with Gasteiger partial charge in [0.1, 0.15) is 0 Å². The molecule has 0 saturated carbocycles. The van der Waals surface area contributed by atoms with E-state index in [0.717, 1.165) is 25.9 Å². The lowest BCUT2D eigenvalue weighted by molar-refractivity contribution is 1.11. The van der Waals surface area contributed by atoms with Crippen LogP contribution in [0.1, 0.15) is 5.56 Å². The number of anilines is 2. The van der Waals surface area contributed by atoms with E-state index in [1.54, 1.807) is 0 Å². The molecule has 0 aliphatic carbocycles. The summed E-state index contributed by atoms with van der Waals surface area (Å²) in [5.74, 6) is 0. The van der Waals surface area contributed by atoms with Crippen molar-refractivity contribution in [1.29, 1.82) is 0 Å². The highest BCUT2D eigenvalue weighted by Crippen LogP contribution is 2.37. The van der Waals surface area contributed by atoms with Crippen LogP contribution < -0.4 is 10.6 Å². The van der Waals surface area contributed by atoms with Crippen molar-refractivity contribution in [2.75, 3.05) is 24.7 Å². The van der Waals surface area contributed by atoms with Crippen LogP contribution in [0.4, 0.5) is 11.4 Å². The van der Waals surface area contributed by atoms with Gasteiger partial charge in [0, 0.05) is 23.0 Å². The Kier molecular flexibility index (Phi) is 3.24. The van der Waals surface area contributed by atoms with Gasteiger partial charge in [0.2, 0.25) is 0 Å². The van der Waals surface area contributed by atoms with Gasteiger partial charge in [-0.05, 0) is 50.4 Å². The third-order valence-corrected chi connectivity index (χ3v) is 3.20. The Morgan fingerprint density at radius 3 is 2.23 bits per heavy atom. The van der Waals surface area contributed by atoms with E-state index in [-0.39, 0.29) is 0 Å². The van der Waals surface area contributed by atoms with E-state index in [4.69, 9.17) is 5.73 Å². The molecule has 72 valence electrons. The second-order valence-corrected chi connectivity index (χ2v) is 4.83. The topological polar surface area (TPSA) is 29.3 Å². The molecule has 0 bridgehead atoms. The molecule has 0 spiro atoms. The molecule has 0 aromatic heterocycles. The van der Waals surface area contributed by atoms with Gasteiger partial charge in [0.15, 0.2) is 0 Å². The Bertz CT molecular complexity index is 335. The van der Waals surface area contributed by atoms with Gasteiger partial charge in [0.25, 0.3) is 0 Å². The zero-order valence-electron chi connectivity index (χ0n) is 7.86. The SMILES string of the molecule is Cc1c(N)c(Br)cc(Br)c1N(C)C. The summed E-state index contributed by atoms with van der Waals surface area (Å²) >= 11 is 6.91. The molecule has 2 nitrogen and oxygen atoms in total. The fourth-order valence-corrected chi connectivity index (χ4v) is 3.01. The Morgan fingerprint density at radius 1 is 1.23 bits per heavy atom. The number of nitrogens with zero attached hydrogens (tertiary/aromatic N) is 1. The Morgan fingerprint density at radius 2 is 1.77 bits per heavy atom. The van der Waals surface area contributed by atoms with Crippen LogP contribution >= 0.6 is 31.9 Å². The fourth-order valence-electron chi connectivity index (χ4n) is 1.29. The van der Waals surface area contributed by atoms with Crippen molar-refractivity contribution in [3.63, 3.8) is 0 Å². The van der Waals surface area contributed by atoms with Crippen LogP contribution in [0.25, 0.3) is 0 Å². The van der Waals surface area contributed by atoms with Crippen molar-refractivity contribution in [3.05, 3.63) is 20.6 Å². The molecule has 13 heavy (non-hydrogen) atoms. The van der Waals surface area contributed by atoms with Crippen LogP contribution in [0.2, 0.25) is 0 Å². The van der Waals surface area contributed by atoms with Crippen molar-refractivity contribution < 1.29 is 0 Å². The lowest BCUT2D eigenvalue weighted by Gasteiger charge is -2.19. The molecule has 0 aliphatic heterocycles. The second-order valence-electron chi connectivity index (χ2n) is 3.12. The van der Waals surface area contributed by atoms with E-state index in [9.17, 15) is 0 Å². The average Bonchev–Trinajstić information content (AvgIpc) is 1.99. The minimum absolute atomic E-state index is 0.798. The maximum Gasteiger partial charge on any atom is 0.0556 e. The molecule has 4 heteroatoms. The third-order valence-electron chi connectivity index (χ3n) is 1.94. The summed E-state index contributed by atoms with van der Waals surface area (Å²) in [5.41, 5.74) is 8.91. The first kappa shape index (κ1) is 10.9. The van der Waals surface area contributed by atoms with Crippen LogP contribution in [-0.4, -0.2) is 14.1 Å². The van der Waals surface area contributed by atoms with E-state index in [1.165, 1.54) is 0 Å². The molecular formula is C9H12Br2N2. The summed E-state index contributed by atoms with van der Waals surface area (Å²) in [6.45, 7) is 2.01. The molecule has 0 atom stereocenters. The van der Waals surface area contributed by atoms with Gasteiger partial charge >= 0.3 is 0 Å². The zero-order chi connectivity index (χ0) is 10.2. The number of hydrogen-bond donors (Lipinski definition) is 1. The van der Waals surface area contributed by atoms with Gasteiger partial charge in [-0.25, -0.2) is 0 Å². The van der Waals surface area contributed by atoms with E-state index in [2.05, 4.69) is 31.9 Å². The fraction of sp³-hybridized carbons (Fsp3) is 0.333. The maximum absolute atomic E-state index is 5.89. The molecule has 0 unspecified atom stereocenters. The Hall–Kier alpha value is -0.220. The van der Waals surface area contributed by atoms with Crippen molar-refractivity contribution in [2.45, 2.75) is 6.92 Å². The smallest absolute Gasteiger partial charge is 0.0556 e. The van der Waals surface area contributed by atoms with E-state index < -0.39 is 0 Å². The van der Waals surface area contributed by atoms with E-state index >= 15 is 0 Å². The van der Waals surface area contributed by atoms with E-state index in [1.807, 2.05) is 32.0 Å². The number of rotatable bonds is 1. The summed E-state index contributed by atoms with van der Waals surface area (Å²) in [5, 5.41) is 0. The molecule has 1 aromatic rings. The lowest BCUT2D eigenvalue weighted by Crippen LogP contribution is -2.12. The molecule has 0 heterocycles. The standard InChI is InChI=1S/C9H12Br2N2/c1-5-8(12)6(10)4-7(11)9(5)13(2)3/h4H,12H2,1-3H3. The second kappa shape index (κ2) is 3.88. The van der Waals surface area contributed by atoms with Gasteiger partial charge in [-0.15, -0.1) is 0 Å². The summed E-state index contributed by atoms with van der Waals surface area (Å²) in [6.07, 6.45) is 0. The van der Waals surface area contributed by atoms with E-state index in [0.29, 0.717) is 0 Å². The lowest BCUT2D eigenvalue weighted by atomic mass is 10.1. The van der Waals surface area contributed by atoms with Crippen molar-refractivity contribution in [1.82, 2.24) is 0 Å². The Labute approximate surface area is 95.4 Å². The summed E-state index contributed by atoms with van der Waals surface area (Å²) in [6, 6.07) is 1.97. The van der Waals surface area contributed by atoms with Crippen LogP contribution in [0, 0.1) is 6.92 Å². The minimum Gasteiger partial charge on any atom is -0.398 e. The van der Waals surface area contributed by atoms with Crippen molar-refractivity contribution in [3.8, 4) is 0 Å². The van der Waals surface area contributed by atoms with Gasteiger partial charge < -0.3 is 10.6 Å². The molecule has 0 amide bonds. The summed E-state index contributed by atoms with van der Waals surface area (Å²) < 4.78 is 1.98. The Balaban J connectivity index is 3.44. The molecule has 0 saturated heterocycles. The highest BCUT2D eigenvalue weighted by Gasteiger charge is 2.11. The normalized spacial score (nSPS) is 10.2. The molecule has 2 N–H and O–H groups in total. The minimum atomic E-state index is 0.798. The summed E-state index contributed by atoms with van der Waals surface area (Å²) in [7, 11) is 4.00. The number of hydrogen-bond acceptors (Lipinski definition) is 2. The first-order valence-electron chi connectivity index (χ1n) is 3.86. The molecular weight excluding hydrogens is 296 g/mol. The van der Waals surface area contributed by atoms with Crippen molar-refractivity contribution in [2.24, 2.45) is 0 Å². The van der Waals surface area contributed by atoms with Crippen LogP contribution in [-0.2, 0) is 0 Å². The maximum atomic E-state index is 5.89. The first-order valence-corrected chi connectivity index (χ1v) is 5.45. The largest absolute Gasteiger partial charge is 0.398 e. The van der Waals surface area contributed by atoms with Crippen LogP contribution in [0.5, 0.6) is 0 Å². The van der Waals surface area contributed by atoms with Crippen LogP contribution in [0.3, 0.4) is 0 Å². The number of nitrogen functional groups attached to an aromatic ring is 1. The molecule has 0 aliphatic rings. The van der Waals surface area contributed by atoms with Crippen LogP contribution in [0.15, 0.2) is 15.0 Å². The predicted molar refractivity (Wildman–Crippen MR) is 65.3 cm³/mol. The molecule has 0 fully saturated rings. The zero-order valence-corrected chi connectivity index (χ0v) is 11.0. The molecule has 0 radical (unpaired) electrons. The van der Waals surface area contributed by atoms with Gasteiger partial charge in [0.05, 0.1) is 11.4 Å². The average molecular weight is 308 g/mol. The molecule has 1 rings (SSSR count). The highest BCUT2D eigenvalue weighted by molar-refractivity contribution is 9.11. The monoisotopic (exact) mass is 306 g/mol. The number of nitrogens with two attached hydrogens (primary N) is 1. The third kappa shape index (κ3) is 1.99. The quantitative estimate of drug-likeness (QED) is 0.808. The van der Waals surface area contributed by atoms with Crippen molar-refractivity contribution >= 4 is 43.2 Å². The first-order chi connectivity index (χ1) is 5.95. The number of benzene rings is 1.